The maximum Gasteiger partial charge on any atom is 1.00 e. The van der Waals surface area contributed by atoms with E-state index >= 15 is 0 Å². The normalized spacial score (nSPS) is 11.3. The zero-order valence-corrected chi connectivity index (χ0v) is 33.5. The molecule has 0 N–H and O–H groups in total. The van der Waals surface area contributed by atoms with Crippen LogP contribution in [0.3, 0.4) is 0 Å². The second-order valence-electron chi connectivity index (χ2n) is 10.9. The Labute approximate surface area is 305 Å². The molecule has 0 saturated carbocycles. The van der Waals surface area contributed by atoms with Gasteiger partial charge in [-0.05, 0) is 12.8 Å². The van der Waals surface area contributed by atoms with Crippen LogP contribution in [0.1, 0.15) is 181 Å². The van der Waals surface area contributed by atoms with Gasteiger partial charge in [0.15, 0.2) is 0 Å². The maximum absolute atomic E-state index is 10.2. The number of unbranched alkanes of at least 4 members (excludes halogenated alkanes) is 24. The average Bonchev–Trinajstić information content (AvgIpc) is 2.88. The minimum absolute atomic E-state index is 0. The largest absolute Gasteiger partial charge is 1.00 e. The van der Waals surface area contributed by atoms with E-state index in [9.17, 15) is 25.9 Å². The van der Waals surface area contributed by atoms with Crippen molar-refractivity contribution in [1.82, 2.24) is 0 Å². The molecule has 0 unspecified atom stereocenters. The monoisotopic (exact) mass is 660 g/mol. The third-order valence-electron chi connectivity index (χ3n) is 6.95. The van der Waals surface area contributed by atoms with Gasteiger partial charge < -0.3 is 9.11 Å². The van der Waals surface area contributed by atoms with E-state index in [1.54, 1.807) is 0 Å². The van der Waals surface area contributed by atoms with Crippen molar-refractivity contribution in [3.63, 3.8) is 0 Å². The first kappa shape index (κ1) is 50.6. The molecule has 8 nitrogen and oxygen atoms in total. The molecule has 0 aromatic rings. The van der Waals surface area contributed by atoms with Crippen molar-refractivity contribution in [3.05, 3.63) is 0 Å². The molecule has 0 aliphatic carbocycles. The Hall–Kier alpha value is 1.74. The molecule has 0 aromatic heterocycles. The third-order valence-corrected chi connectivity index (χ3v) is 7.86. The Morgan fingerprint density at radius 1 is 0.357 bits per heavy atom. The first-order valence-corrected chi connectivity index (χ1v) is 19.0. The molecular weight excluding hydrogens is 598 g/mol. The van der Waals surface area contributed by atoms with Crippen molar-refractivity contribution in [2.24, 2.45) is 0 Å². The van der Waals surface area contributed by atoms with Gasteiger partial charge >= 0.3 is 59.1 Å². The maximum atomic E-state index is 10.2. The molecule has 244 valence electrons. The molecule has 0 bridgehead atoms. The van der Waals surface area contributed by atoms with Gasteiger partial charge in [0.05, 0.1) is 13.2 Å². The van der Waals surface area contributed by atoms with Gasteiger partial charge in [0.25, 0.3) is 0 Å². The van der Waals surface area contributed by atoms with Gasteiger partial charge in [0, 0.05) is 0 Å². The summed E-state index contributed by atoms with van der Waals surface area (Å²) in [7, 11) is -8.98. The minimum atomic E-state index is -4.49. The van der Waals surface area contributed by atoms with Gasteiger partial charge in [-0.15, -0.1) is 0 Å². The van der Waals surface area contributed by atoms with Crippen LogP contribution in [0.5, 0.6) is 0 Å². The number of hydrogen-bond acceptors (Lipinski definition) is 8. The van der Waals surface area contributed by atoms with Gasteiger partial charge in [0.2, 0.25) is 20.8 Å². The van der Waals surface area contributed by atoms with Crippen LogP contribution in [0.15, 0.2) is 0 Å². The van der Waals surface area contributed by atoms with E-state index in [2.05, 4.69) is 22.2 Å². The van der Waals surface area contributed by atoms with Gasteiger partial charge in [-0.3, -0.25) is 8.37 Å². The van der Waals surface area contributed by atoms with Crippen molar-refractivity contribution in [2.75, 3.05) is 13.2 Å². The summed E-state index contributed by atoms with van der Waals surface area (Å²) in [5, 5.41) is 0. The summed E-state index contributed by atoms with van der Waals surface area (Å²) in [6, 6.07) is 0. The second kappa shape index (κ2) is 38.9. The summed E-state index contributed by atoms with van der Waals surface area (Å²) < 4.78 is 69.3. The molecule has 0 aromatic carbocycles. The Balaban J connectivity index is -0.000000342. The van der Waals surface area contributed by atoms with Crippen LogP contribution in [0.4, 0.5) is 0 Å². The molecule has 0 aliphatic heterocycles. The van der Waals surface area contributed by atoms with Crippen LogP contribution in [-0.4, -0.2) is 39.2 Å². The van der Waals surface area contributed by atoms with Gasteiger partial charge in [-0.1, -0.05) is 168 Å². The number of hydrogen-bond donors (Lipinski definition) is 0. The Kier molecular flexibility index (Phi) is 46.9. The van der Waals surface area contributed by atoms with E-state index < -0.39 is 20.8 Å². The van der Waals surface area contributed by atoms with Crippen LogP contribution >= 0.6 is 0 Å². The standard InChI is InChI=1S/C18H38O4S.C12H26O4S.2Na/c1-2-3-4-5-6-7-8-9-10-11-12-13-14-15-16-17-18-22-23(19,20)21;1-2-3-4-5-6-7-8-9-10-11-12-16-17(13,14)15;;/h2-18H2,1H3,(H,19,20,21);2-12H2,1H3,(H,13,14,15);;/q;;2*+1/p-2. The third kappa shape index (κ3) is 54.2. The van der Waals surface area contributed by atoms with E-state index in [0.717, 1.165) is 25.7 Å². The number of rotatable bonds is 30. The fourth-order valence-electron chi connectivity index (χ4n) is 4.56. The van der Waals surface area contributed by atoms with Crippen molar-refractivity contribution < 1.29 is 93.4 Å². The van der Waals surface area contributed by atoms with Crippen molar-refractivity contribution in [2.45, 2.75) is 181 Å². The Morgan fingerprint density at radius 2 is 0.524 bits per heavy atom. The fourth-order valence-corrected chi connectivity index (χ4v) is 5.21. The summed E-state index contributed by atoms with van der Waals surface area (Å²) in [5.41, 5.74) is 0. The van der Waals surface area contributed by atoms with E-state index in [-0.39, 0.29) is 72.3 Å². The SMILES string of the molecule is CCCCCCCCCCCCCCCCCCOS(=O)(=O)[O-].CCCCCCCCCCCCOS(=O)(=O)[O-].[Na+].[Na+]. The molecule has 0 heterocycles. The molecular formula is C30H62Na2O8S2. The molecule has 0 radical (unpaired) electrons. The van der Waals surface area contributed by atoms with E-state index in [4.69, 9.17) is 0 Å². The molecule has 0 aliphatic rings. The minimum Gasteiger partial charge on any atom is -0.726 e. The van der Waals surface area contributed by atoms with Crippen molar-refractivity contribution >= 4 is 20.8 Å². The average molecular weight is 661 g/mol. The predicted octanol–water partition coefficient (Wildman–Crippen LogP) is 3.12. The zero-order valence-electron chi connectivity index (χ0n) is 27.9. The molecule has 0 saturated heterocycles. The zero-order chi connectivity index (χ0) is 30.2. The summed E-state index contributed by atoms with van der Waals surface area (Å²) in [6.45, 7) is 4.53. The van der Waals surface area contributed by atoms with Gasteiger partial charge in [-0.25, -0.2) is 16.8 Å². The molecule has 12 heteroatoms. The van der Waals surface area contributed by atoms with Gasteiger partial charge in [-0.2, -0.15) is 0 Å². The van der Waals surface area contributed by atoms with Gasteiger partial charge in [0.1, 0.15) is 0 Å². The molecule has 0 atom stereocenters. The van der Waals surface area contributed by atoms with Crippen LogP contribution in [0.25, 0.3) is 0 Å². The molecule has 0 fully saturated rings. The first-order valence-electron chi connectivity index (χ1n) is 16.3. The van der Waals surface area contributed by atoms with E-state index in [0.29, 0.717) is 12.8 Å². The van der Waals surface area contributed by atoms with E-state index in [1.165, 1.54) is 128 Å². The molecule has 0 spiro atoms. The topological polar surface area (TPSA) is 133 Å². The summed E-state index contributed by atoms with van der Waals surface area (Å²) in [4.78, 5) is 0. The Bertz CT molecular complexity index is 708. The van der Waals surface area contributed by atoms with Crippen molar-refractivity contribution in [3.8, 4) is 0 Å². The van der Waals surface area contributed by atoms with Crippen LogP contribution < -0.4 is 59.1 Å². The first-order chi connectivity index (χ1) is 19.1. The predicted molar refractivity (Wildman–Crippen MR) is 163 cm³/mol. The van der Waals surface area contributed by atoms with Crippen LogP contribution in [0.2, 0.25) is 0 Å². The second-order valence-corrected chi connectivity index (χ2v) is 13.1. The van der Waals surface area contributed by atoms with Crippen molar-refractivity contribution in [1.29, 1.82) is 0 Å². The molecule has 0 amide bonds. The van der Waals surface area contributed by atoms with E-state index in [1.807, 2.05) is 0 Å². The molecule has 42 heavy (non-hydrogen) atoms. The smallest absolute Gasteiger partial charge is 0.726 e. The Morgan fingerprint density at radius 3 is 0.690 bits per heavy atom. The summed E-state index contributed by atoms with van der Waals surface area (Å²) >= 11 is 0. The fraction of sp³-hybridized carbons (Fsp3) is 1.00. The van der Waals surface area contributed by atoms with Crippen LogP contribution in [-0.2, 0) is 29.2 Å². The quantitative estimate of drug-likeness (QED) is 0.0497. The van der Waals surface area contributed by atoms with Crippen LogP contribution in [0, 0.1) is 0 Å². The molecule has 0 rings (SSSR count). The summed E-state index contributed by atoms with van der Waals surface area (Å²) in [6.07, 6.45) is 32.0. The summed E-state index contributed by atoms with van der Waals surface area (Å²) in [5.74, 6) is 0.